The fraction of sp³-hybridized carbons (Fsp3) is 0.333. The lowest BCUT2D eigenvalue weighted by Crippen LogP contribution is -2.31. The van der Waals surface area contributed by atoms with Crippen molar-refractivity contribution >= 4 is 5.91 Å². The number of unbranched alkanes of at least 4 members (excludes halogenated alkanes) is 2. The van der Waals surface area contributed by atoms with E-state index in [2.05, 4.69) is 17.1 Å². The number of nitrogens with zero attached hydrogens (tertiary/aromatic N) is 2. The van der Waals surface area contributed by atoms with Crippen LogP contribution in [0.1, 0.15) is 65.0 Å². The minimum atomic E-state index is -0.584. The number of aryl methyl sites for hydroxylation is 2. The average molecular weight is 407 g/mol. The highest BCUT2D eigenvalue weighted by atomic mass is 19.1. The zero-order valence-corrected chi connectivity index (χ0v) is 17.5. The summed E-state index contributed by atoms with van der Waals surface area (Å²) in [4.78, 5) is 14.9. The molecule has 0 radical (unpaired) electrons. The van der Waals surface area contributed by atoms with Gasteiger partial charge in [-0.1, -0.05) is 44.0 Å². The van der Waals surface area contributed by atoms with Gasteiger partial charge in [0.2, 0.25) is 0 Å². The molecule has 0 spiro atoms. The number of fused-ring (bicyclic) bond motifs is 1. The van der Waals surface area contributed by atoms with Crippen LogP contribution in [0.25, 0.3) is 11.3 Å². The smallest absolute Gasteiger partial charge is 0.273 e. The molecule has 3 aromatic rings. The lowest BCUT2D eigenvalue weighted by Gasteiger charge is -2.27. The molecule has 4 rings (SSSR count). The number of H-pyrrole nitrogens is 1. The lowest BCUT2D eigenvalue weighted by molar-refractivity contribution is 0.0739. The zero-order valence-electron chi connectivity index (χ0n) is 17.5. The van der Waals surface area contributed by atoms with Crippen molar-refractivity contribution in [3.63, 3.8) is 0 Å². The van der Waals surface area contributed by atoms with Crippen molar-refractivity contribution in [3.8, 4) is 17.0 Å². The average Bonchev–Trinajstić information content (AvgIpc) is 3.22. The fourth-order valence-corrected chi connectivity index (χ4v) is 4.42. The monoisotopic (exact) mass is 407 g/mol. The molecule has 5 nitrogen and oxygen atoms in total. The van der Waals surface area contributed by atoms with Gasteiger partial charge in [-0.25, -0.2) is 4.39 Å². The third kappa shape index (κ3) is 3.26. The minimum absolute atomic E-state index is 0.103. The molecule has 0 saturated heterocycles. The van der Waals surface area contributed by atoms with Gasteiger partial charge in [0.1, 0.15) is 23.0 Å². The van der Waals surface area contributed by atoms with Crippen molar-refractivity contribution in [1.29, 1.82) is 0 Å². The van der Waals surface area contributed by atoms with Crippen LogP contribution < -0.4 is 0 Å². The Morgan fingerprint density at radius 1 is 1.20 bits per heavy atom. The Balaban J connectivity index is 1.90. The van der Waals surface area contributed by atoms with Crippen molar-refractivity contribution in [1.82, 2.24) is 15.1 Å². The number of aromatic amines is 1. The van der Waals surface area contributed by atoms with E-state index in [9.17, 15) is 14.3 Å². The summed E-state index contributed by atoms with van der Waals surface area (Å²) in [5.41, 5.74) is 4.29. The second kappa shape index (κ2) is 7.94. The first-order chi connectivity index (χ1) is 14.4. The lowest BCUT2D eigenvalue weighted by atomic mass is 9.93. The SMILES string of the molecule is CCCCCN1C(=O)c2[nH]nc(-c3c(C)cc(C)cc3O)c2C1c1ccccc1F. The molecule has 1 atom stereocenters. The number of aromatic nitrogens is 2. The molecule has 1 aliphatic heterocycles. The summed E-state index contributed by atoms with van der Waals surface area (Å²) in [6.45, 7) is 6.45. The van der Waals surface area contributed by atoms with Gasteiger partial charge in [0.15, 0.2) is 0 Å². The van der Waals surface area contributed by atoms with Gasteiger partial charge in [0.25, 0.3) is 5.91 Å². The van der Waals surface area contributed by atoms with Crippen molar-refractivity contribution < 1.29 is 14.3 Å². The third-order valence-electron chi connectivity index (χ3n) is 5.76. The topological polar surface area (TPSA) is 69.2 Å². The minimum Gasteiger partial charge on any atom is -0.507 e. The molecule has 0 saturated carbocycles. The first kappa shape index (κ1) is 20.1. The summed E-state index contributed by atoms with van der Waals surface area (Å²) in [5.74, 6) is -0.441. The van der Waals surface area contributed by atoms with Gasteiger partial charge in [-0.3, -0.25) is 9.89 Å². The number of carbonyl (C=O) groups excluding carboxylic acids is 1. The standard InChI is InChI=1S/C24H26FN3O2/c1-4-5-8-11-28-23(16-9-6-7-10-17(16)25)20-21(26-27-22(20)24(28)30)19-15(3)12-14(2)13-18(19)29/h6-7,9-10,12-13,23,29H,4-5,8,11H2,1-3H3,(H,26,27). The predicted octanol–water partition coefficient (Wildman–Crippen LogP) is 5.27. The van der Waals surface area contributed by atoms with E-state index in [1.165, 1.54) is 6.07 Å². The number of halogens is 1. The molecular formula is C24H26FN3O2. The number of phenolic OH excluding ortho intramolecular Hbond substituents is 1. The van der Waals surface area contributed by atoms with E-state index >= 15 is 0 Å². The van der Waals surface area contributed by atoms with Crippen molar-refractivity contribution in [3.05, 3.63) is 70.2 Å². The van der Waals surface area contributed by atoms with Crippen LogP contribution in [-0.4, -0.2) is 32.7 Å². The van der Waals surface area contributed by atoms with Crippen LogP contribution in [-0.2, 0) is 0 Å². The normalized spacial score (nSPS) is 15.7. The number of hydrogen-bond acceptors (Lipinski definition) is 3. The number of benzene rings is 2. The van der Waals surface area contributed by atoms with Gasteiger partial charge in [0.05, 0.1) is 6.04 Å². The summed E-state index contributed by atoms with van der Waals surface area (Å²) in [5, 5.41) is 17.9. The summed E-state index contributed by atoms with van der Waals surface area (Å²) >= 11 is 0. The van der Waals surface area contributed by atoms with Gasteiger partial charge in [-0.15, -0.1) is 0 Å². The molecule has 2 N–H and O–H groups in total. The highest BCUT2D eigenvalue weighted by molar-refractivity contribution is 6.00. The molecule has 30 heavy (non-hydrogen) atoms. The first-order valence-electron chi connectivity index (χ1n) is 10.4. The van der Waals surface area contributed by atoms with Crippen LogP contribution in [0.2, 0.25) is 0 Å². The quantitative estimate of drug-likeness (QED) is 0.547. The number of nitrogens with one attached hydrogen (secondary N) is 1. The van der Waals surface area contributed by atoms with E-state index in [4.69, 9.17) is 0 Å². The molecule has 0 aliphatic carbocycles. The molecule has 1 amide bonds. The number of hydrogen-bond donors (Lipinski definition) is 2. The number of aromatic hydroxyl groups is 1. The van der Waals surface area contributed by atoms with Crippen LogP contribution >= 0.6 is 0 Å². The molecular weight excluding hydrogens is 381 g/mol. The Bertz CT molecular complexity index is 1080. The maximum absolute atomic E-state index is 14.9. The number of carbonyl (C=O) groups is 1. The van der Waals surface area contributed by atoms with Crippen LogP contribution in [0.4, 0.5) is 4.39 Å². The molecule has 0 bridgehead atoms. The van der Waals surface area contributed by atoms with Gasteiger partial charge >= 0.3 is 0 Å². The third-order valence-corrected chi connectivity index (χ3v) is 5.76. The summed E-state index contributed by atoms with van der Waals surface area (Å²) in [6, 6.07) is 9.61. The number of amides is 1. The Hall–Kier alpha value is -3.15. The Kier molecular flexibility index (Phi) is 5.33. The van der Waals surface area contributed by atoms with E-state index in [1.807, 2.05) is 19.9 Å². The highest BCUT2D eigenvalue weighted by Gasteiger charge is 2.43. The Morgan fingerprint density at radius 2 is 1.97 bits per heavy atom. The Morgan fingerprint density at radius 3 is 2.67 bits per heavy atom. The van der Waals surface area contributed by atoms with E-state index in [0.29, 0.717) is 34.6 Å². The molecule has 2 heterocycles. The van der Waals surface area contributed by atoms with Gasteiger partial charge in [0, 0.05) is 23.2 Å². The molecule has 0 fully saturated rings. The van der Waals surface area contributed by atoms with Crippen molar-refractivity contribution in [2.24, 2.45) is 0 Å². The van der Waals surface area contributed by atoms with E-state index in [0.717, 1.165) is 30.4 Å². The van der Waals surface area contributed by atoms with Gasteiger partial charge in [-0.2, -0.15) is 5.10 Å². The second-order valence-corrected chi connectivity index (χ2v) is 7.97. The van der Waals surface area contributed by atoms with E-state index in [1.54, 1.807) is 29.2 Å². The molecule has 2 aromatic carbocycles. The fourth-order valence-electron chi connectivity index (χ4n) is 4.42. The van der Waals surface area contributed by atoms with Gasteiger partial charge in [-0.05, 0) is 43.5 Å². The maximum atomic E-state index is 14.9. The largest absolute Gasteiger partial charge is 0.507 e. The maximum Gasteiger partial charge on any atom is 0.273 e. The predicted molar refractivity (Wildman–Crippen MR) is 114 cm³/mol. The number of phenols is 1. The molecule has 6 heteroatoms. The van der Waals surface area contributed by atoms with Crippen LogP contribution in [0.15, 0.2) is 36.4 Å². The number of rotatable bonds is 6. The molecule has 1 aliphatic rings. The van der Waals surface area contributed by atoms with Crippen molar-refractivity contribution in [2.45, 2.75) is 46.1 Å². The van der Waals surface area contributed by atoms with Crippen molar-refractivity contribution in [2.75, 3.05) is 6.54 Å². The van der Waals surface area contributed by atoms with E-state index < -0.39 is 6.04 Å². The van der Waals surface area contributed by atoms with Crippen LogP contribution in [0.3, 0.4) is 0 Å². The van der Waals surface area contributed by atoms with Gasteiger partial charge < -0.3 is 10.0 Å². The second-order valence-electron chi connectivity index (χ2n) is 7.97. The Labute approximate surface area is 175 Å². The summed E-state index contributed by atoms with van der Waals surface area (Å²) in [7, 11) is 0. The van der Waals surface area contributed by atoms with E-state index in [-0.39, 0.29) is 17.5 Å². The molecule has 156 valence electrons. The summed E-state index contributed by atoms with van der Waals surface area (Å²) in [6.07, 6.45) is 2.86. The zero-order chi connectivity index (χ0) is 21.4. The molecule has 1 unspecified atom stereocenters. The molecule has 1 aromatic heterocycles. The highest BCUT2D eigenvalue weighted by Crippen LogP contribution is 2.46. The first-order valence-corrected chi connectivity index (χ1v) is 10.4. The van der Waals surface area contributed by atoms with Crippen LogP contribution in [0, 0.1) is 19.7 Å². The van der Waals surface area contributed by atoms with Crippen LogP contribution in [0.5, 0.6) is 5.75 Å². The summed E-state index contributed by atoms with van der Waals surface area (Å²) < 4.78 is 14.9.